The lowest BCUT2D eigenvalue weighted by Crippen LogP contribution is -2.09. The molecule has 0 heterocycles. The van der Waals surface area contributed by atoms with Crippen LogP contribution < -0.4 is 0 Å². The molecule has 1 aromatic rings. The third-order valence-electron chi connectivity index (χ3n) is 2.63. The fraction of sp³-hybridized carbons (Fsp3) is 0.200. The van der Waals surface area contributed by atoms with Gasteiger partial charge in [-0.25, -0.2) is 14.4 Å². The molecule has 0 radical (unpaired) electrons. The second kappa shape index (κ2) is 7.72. The van der Waals surface area contributed by atoms with Gasteiger partial charge in [0.25, 0.3) is 0 Å². The van der Waals surface area contributed by atoms with E-state index in [0.29, 0.717) is 0 Å². The van der Waals surface area contributed by atoms with Crippen molar-refractivity contribution < 1.29 is 33.4 Å². The summed E-state index contributed by atoms with van der Waals surface area (Å²) in [6.07, 6.45) is 1.91. The van der Waals surface area contributed by atoms with Gasteiger partial charge in [0, 0.05) is 11.6 Å². The van der Waals surface area contributed by atoms with Crippen molar-refractivity contribution in [2.45, 2.75) is 0 Å². The van der Waals surface area contributed by atoms with Gasteiger partial charge in [-0.05, 0) is 24.3 Å². The fourth-order valence-electron chi connectivity index (χ4n) is 1.55. The number of rotatable bonds is 5. The van der Waals surface area contributed by atoms with Gasteiger partial charge in [-0.2, -0.15) is 0 Å². The molecule has 0 N–H and O–H groups in total. The zero-order valence-electron chi connectivity index (χ0n) is 12.2. The zero-order valence-corrected chi connectivity index (χ0v) is 12.2. The van der Waals surface area contributed by atoms with E-state index in [1.165, 1.54) is 39.5 Å². The van der Waals surface area contributed by atoms with Gasteiger partial charge in [0.1, 0.15) is 0 Å². The highest BCUT2D eigenvalue weighted by Gasteiger charge is 2.16. The summed E-state index contributed by atoms with van der Waals surface area (Å²) in [5.41, 5.74) is 0.0592. The largest absolute Gasteiger partial charge is 0.466 e. The Morgan fingerprint density at radius 2 is 1.18 bits per heavy atom. The quantitative estimate of drug-likeness (QED) is 0.349. The van der Waals surface area contributed by atoms with Gasteiger partial charge in [0.2, 0.25) is 0 Å². The first kappa shape index (κ1) is 17.1. The number of allylic oxidation sites excluding steroid dienone is 1. The molecule has 0 aliphatic rings. The maximum atomic E-state index is 12.0. The van der Waals surface area contributed by atoms with Crippen LogP contribution in [0.1, 0.15) is 31.1 Å². The maximum Gasteiger partial charge on any atom is 0.337 e. The molecule has 7 heteroatoms. The number of hydrogen-bond acceptors (Lipinski definition) is 7. The van der Waals surface area contributed by atoms with Crippen LogP contribution in [0.4, 0.5) is 0 Å². The lowest BCUT2D eigenvalue weighted by Gasteiger charge is -2.06. The van der Waals surface area contributed by atoms with E-state index < -0.39 is 23.7 Å². The second-order valence-electron chi connectivity index (χ2n) is 4.00. The number of ketones is 1. The number of ether oxygens (including phenoxy) is 3. The van der Waals surface area contributed by atoms with Crippen LogP contribution in [0.2, 0.25) is 0 Å². The molecule has 0 bridgehead atoms. The predicted octanol–water partition coefficient (Wildman–Crippen LogP) is 1.17. The van der Waals surface area contributed by atoms with E-state index in [9.17, 15) is 19.2 Å². The van der Waals surface area contributed by atoms with Gasteiger partial charge in [0.05, 0.1) is 32.5 Å². The highest BCUT2D eigenvalue weighted by molar-refractivity contribution is 6.09. The van der Waals surface area contributed by atoms with Crippen LogP contribution in [-0.2, 0) is 19.0 Å². The van der Waals surface area contributed by atoms with E-state index in [2.05, 4.69) is 14.2 Å². The molecule has 0 unspecified atom stereocenters. The van der Waals surface area contributed by atoms with Crippen molar-refractivity contribution in [1.29, 1.82) is 0 Å². The normalized spacial score (nSPS) is 10.1. The molecule has 0 aliphatic heterocycles. The highest BCUT2D eigenvalue weighted by Crippen LogP contribution is 2.14. The van der Waals surface area contributed by atoms with E-state index in [0.717, 1.165) is 12.2 Å². The van der Waals surface area contributed by atoms with Crippen molar-refractivity contribution in [2.24, 2.45) is 0 Å². The van der Waals surface area contributed by atoms with Gasteiger partial charge in [-0.1, -0.05) is 0 Å². The standard InChI is InChI=1S/C15H14O7/c1-20-13(17)5-4-12(16)9-6-10(14(18)21-2)8-11(7-9)15(19)22-3/h4-8H,1-3H3. The Bertz CT molecular complexity index is 609. The topological polar surface area (TPSA) is 96.0 Å². The first-order valence-corrected chi connectivity index (χ1v) is 6.05. The van der Waals surface area contributed by atoms with Crippen LogP contribution in [0.5, 0.6) is 0 Å². The molecule has 1 rings (SSSR count). The summed E-state index contributed by atoms with van der Waals surface area (Å²) in [6.45, 7) is 0. The summed E-state index contributed by atoms with van der Waals surface area (Å²) in [4.78, 5) is 46.1. The van der Waals surface area contributed by atoms with Gasteiger partial charge in [0.15, 0.2) is 5.78 Å². The highest BCUT2D eigenvalue weighted by atomic mass is 16.5. The summed E-state index contributed by atoms with van der Waals surface area (Å²) in [6, 6.07) is 3.75. The summed E-state index contributed by atoms with van der Waals surface area (Å²) in [5, 5.41) is 0. The van der Waals surface area contributed by atoms with E-state index in [4.69, 9.17) is 0 Å². The van der Waals surface area contributed by atoms with Crippen molar-refractivity contribution in [3.63, 3.8) is 0 Å². The van der Waals surface area contributed by atoms with Crippen molar-refractivity contribution in [1.82, 2.24) is 0 Å². The zero-order chi connectivity index (χ0) is 16.7. The summed E-state index contributed by atoms with van der Waals surface area (Å²) < 4.78 is 13.5. The summed E-state index contributed by atoms with van der Waals surface area (Å²) >= 11 is 0. The van der Waals surface area contributed by atoms with Crippen molar-refractivity contribution >= 4 is 23.7 Å². The monoisotopic (exact) mass is 306 g/mol. The van der Waals surface area contributed by atoms with E-state index in [1.807, 2.05) is 0 Å². The Morgan fingerprint density at radius 3 is 1.59 bits per heavy atom. The average Bonchev–Trinajstić information content (AvgIpc) is 2.57. The first-order valence-electron chi connectivity index (χ1n) is 6.05. The van der Waals surface area contributed by atoms with E-state index in [1.54, 1.807) is 0 Å². The van der Waals surface area contributed by atoms with Crippen molar-refractivity contribution in [3.8, 4) is 0 Å². The number of esters is 3. The van der Waals surface area contributed by atoms with Crippen LogP contribution in [0.3, 0.4) is 0 Å². The third-order valence-corrected chi connectivity index (χ3v) is 2.63. The number of methoxy groups -OCH3 is 3. The number of benzene rings is 1. The van der Waals surface area contributed by atoms with Gasteiger partial charge >= 0.3 is 17.9 Å². The van der Waals surface area contributed by atoms with Crippen molar-refractivity contribution in [3.05, 3.63) is 47.0 Å². The minimum atomic E-state index is -0.711. The van der Waals surface area contributed by atoms with Crippen LogP contribution >= 0.6 is 0 Å². The molecule has 0 aromatic heterocycles. The predicted molar refractivity (Wildman–Crippen MR) is 74.6 cm³/mol. The molecule has 1 aromatic carbocycles. The van der Waals surface area contributed by atoms with Gasteiger partial charge in [-0.15, -0.1) is 0 Å². The van der Waals surface area contributed by atoms with Crippen LogP contribution in [0.25, 0.3) is 0 Å². The van der Waals surface area contributed by atoms with E-state index in [-0.39, 0.29) is 16.7 Å². The molecule has 0 atom stereocenters. The lowest BCUT2D eigenvalue weighted by molar-refractivity contribution is -0.134. The molecule has 0 saturated heterocycles. The Morgan fingerprint density at radius 1 is 0.727 bits per heavy atom. The van der Waals surface area contributed by atoms with Crippen molar-refractivity contribution in [2.75, 3.05) is 21.3 Å². The Balaban J connectivity index is 3.25. The molecule has 116 valence electrons. The average molecular weight is 306 g/mol. The first-order chi connectivity index (χ1) is 10.4. The number of carbonyl (C=O) groups excluding carboxylic acids is 4. The SMILES string of the molecule is COC(=O)C=CC(=O)c1cc(C(=O)OC)cc(C(=O)OC)c1. The molecule has 0 amide bonds. The van der Waals surface area contributed by atoms with Crippen LogP contribution in [-0.4, -0.2) is 45.0 Å². The van der Waals surface area contributed by atoms with Gasteiger partial charge in [-0.3, -0.25) is 4.79 Å². The second-order valence-corrected chi connectivity index (χ2v) is 4.00. The lowest BCUT2D eigenvalue weighted by atomic mass is 10.0. The molecule has 7 nitrogen and oxygen atoms in total. The molecule has 22 heavy (non-hydrogen) atoms. The molecule has 0 fully saturated rings. The smallest absolute Gasteiger partial charge is 0.337 e. The molecular weight excluding hydrogens is 292 g/mol. The van der Waals surface area contributed by atoms with E-state index >= 15 is 0 Å². The molecule has 0 aliphatic carbocycles. The summed E-state index contributed by atoms with van der Waals surface area (Å²) in [7, 11) is 3.52. The van der Waals surface area contributed by atoms with Crippen LogP contribution in [0, 0.1) is 0 Å². The minimum Gasteiger partial charge on any atom is -0.466 e. The van der Waals surface area contributed by atoms with Crippen LogP contribution in [0.15, 0.2) is 30.4 Å². The maximum absolute atomic E-state index is 12.0. The third kappa shape index (κ3) is 4.27. The fourth-order valence-corrected chi connectivity index (χ4v) is 1.55. The Labute approximate surface area is 126 Å². The minimum absolute atomic E-state index is 0.0141. The molecule has 0 saturated carbocycles. The summed E-state index contributed by atoms with van der Waals surface area (Å²) in [5.74, 6) is -2.71. The Hall–Kier alpha value is -2.96. The number of hydrogen-bond donors (Lipinski definition) is 0. The molecule has 0 spiro atoms. The number of carbonyl (C=O) groups is 4. The van der Waals surface area contributed by atoms with Gasteiger partial charge < -0.3 is 14.2 Å². The Kier molecular flexibility index (Phi) is 6.00. The molecular formula is C15H14O7.